The Morgan fingerprint density at radius 1 is 1.19 bits per heavy atom. The normalized spacial score (nSPS) is 46.9. The number of hydrogen-bond acceptors (Lipinski definition) is 5. The second-order valence-electron chi connectivity index (χ2n) is 9.93. The van der Waals surface area contributed by atoms with Crippen molar-refractivity contribution >= 4 is 17.8 Å². The Bertz CT molecular complexity index is 647. The molecule has 0 radical (unpaired) electrons. The zero-order chi connectivity index (χ0) is 19.2. The maximum absolute atomic E-state index is 13.2. The van der Waals surface area contributed by atoms with E-state index in [9.17, 15) is 9.59 Å². The lowest BCUT2D eigenvalue weighted by Crippen LogP contribution is -2.56. The smallest absolute Gasteiger partial charge is 0.139 e. The topological polar surface area (TPSA) is 81.8 Å². The van der Waals surface area contributed by atoms with Crippen molar-refractivity contribution in [3.8, 4) is 0 Å². The lowest BCUT2D eigenvalue weighted by atomic mass is 9.44. The number of oxime groups is 1. The lowest BCUT2D eigenvalue weighted by molar-refractivity contribution is -0.156. The van der Waals surface area contributed by atoms with Crippen LogP contribution < -0.4 is 5.73 Å². The zero-order valence-electron chi connectivity index (χ0n) is 16.8. The van der Waals surface area contributed by atoms with Crippen LogP contribution in [0.25, 0.3) is 0 Å². The first-order valence-electron chi connectivity index (χ1n) is 10.8. The van der Waals surface area contributed by atoms with Gasteiger partial charge in [-0.3, -0.25) is 9.59 Å². The van der Waals surface area contributed by atoms with E-state index in [1.165, 1.54) is 0 Å². The van der Waals surface area contributed by atoms with E-state index < -0.39 is 0 Å². The van der Waals surface area contributed by atoms with E-state index in [4.69, 9.17) is 10.6 Å². The minimum Gasteiger partial charge on any atom is -0.395 e. The van der Waals surface area contributed by atoms with Gasteiger partial charge in [0.1, 0.15) is 18.2 Å². The summed E-state index contributed by atoms with van der Waals surface area (Å²) in [5, 5.41) is 4.06. The van der Waals surface area contributed by atoms with Crippen LogP contribution in [0, 0.1) is 40.4 Å². The molecule has 4 saturated carbocycles. The number of nitrogens with zero attached hydrogens (tertiary/aromatic N) is 1. The first kappa shape index (κ1) is 19.1. The molecule has 4 fully saturated rings. The molecule has 4 aliphatic rings. The average Bonchev–Trinajstić information content (AvgIpc) is 2.95. The van der Waals surface area contributed by atoms with Crippen molar-refractivity contribution in [1.29, 1.82) is 0 Å². The number of nitrogens with two attached hydrogens (primary N) is 1. The monoisotopic (exact) mass is 374 g/mol. The number of hydrogen-bond donors (Lipinski definition) is 1. The molecule has 0 spiro atoms. The van der Waals surface area contributed by atoms with Crippen LogP contribution >= 0.6 is 0 Å². The fourth-order valence-electron chi connectivity index (χ4n) is 7.21. The number of carbonyl (C=O) groups is 2. The molecule has 27 heavy (non-hydrogen) atoms. The van der Waals surface area contributed by atoms with Gasteiger partial charge in [-0.1, -0.05) is 19.0 Å². The standard InChI is InChI=1S/C22H34N2O3/c1-21-7-5-14(13-24-27-10-9-23)11-18(21)19(25)12-15-16-3-4-20(26)22(16,2)8-6-17(15)21/h13-18H,3-12,23H2,1-2H3/b24-13-/t14-,15-,16-,17-,18+,21+,22-/m0/s1. The molecule has 5 heteroatoms. The number of ketones is 2. The third kappa shape index (κ3) is 2.97. The van der Waals surface area contributed by atoms with Gasteiger partial charge in [-0.15, -0.1) is 0 Å². The highest BCUT2D eigenvalue weighted by atomic mass is 16.6. The molecule has 0 unspecified atom stereocenters. The van der Waals surface area contributed by atoms with Gasteiger partial charge in [-0.05, 0) is 67.6 Å². The van der Waals surface area contributed by atoms with E-state index >= 15 is 0 Å². The van der Waals surface area contributed by atoms with Crippen LogP contribution in [0.3, 0.4) is 0 Å². The average molecular weight is 375 g/mol. The zero-order valence-corrected chi connectivity index (χ0v) is 16.8. The van der Waals surface area contributed by atoms with E-state index in [0.717, 1.165) is 44.9 Å². The molecule has 0 bridgehead atoms. The van der Waals surface area contributed by atoms with Gasteiger partial charge in [-0.2, -0.15) is 0 Å². The summed E-state index contributed by atoms with van der Waals surface area (Å²) in [5.74, 6) is 2.78. The highest BCUT2D eigenvalue weighted by Gasteiger charge is 2.62. The summed E-state index contributed by atoms with van der Waals surface area (Å²) in [4.78, 5) is 30.9. The Morgan fingerprint density at radius 3 is 2.78 bits per heavy atom. The Morgan fingerprint density at radius 2 is 2.00 bits per heavy atom. The van der Waals surface area contributed by atoms with Gasteiger partial charge in [0, 0.05) is 36.9 Å². The third-order valence-electron chi connectivity index (χ3n) is 8.76. The van der Waals surface area contributed by atoms with Gasteiger partial charge in [-0.25, -0.2) is 0 Å². The van der Waals surface area contributed by atoms with Crippen molar-refractivity contribution in [2.75, 3.05) is 13.2 Å². The molecule has 0 aromatic carbocycles. The lowest BCUT2D eigenvalue weighted by Gasteiger charge is -2.59. The van der Waals surface area contributed by atoms with Gasteiger partial charge in [0.25, 0.3) is 0 Å². The van der Waals surface area contributed by atoms with Crippen molar-refractivity contribution in [2.24, 2.45) is 51.3 Å². The van der Waals surface area contributed by atoms with Crippen molar-refractivity contribution in [3.63, 3.8) is 0 Å². The van der Waals surface area contributed by atoms with Crippen LogP contribution in [-0.4, -0.2) is 30.9 Å². The molecule has 0 aromatic heterocycles. The van der Waals surface area contributed by atoms with E-state index in [2.05, 4.69) is 19.0 Å². The van der Waals surface area contributed by atoms with Gasteiger partial charge < -0.3 is 10.6 Å². The largest absolute Gasteiger partial charge is 0.395 e. The number of carbonyl (C=O) groups excluding carboxylic acids is 2. The van der Waals surface area contributed by atoms with Crippen molar-refractivity contribution in [2.45, 2.75) is 65.2 Å². The van der Waals surface area contributed by atoms with Gasteiger partial charge in [0.2, 0.25) is 0 Å². The predicted molar refractivity (Wildman–Crippen MR) is 104 cm³/mol. The summed E-state index contributed by atoms with van der Waals surface area (Å²) in [5.41, 5.74) is 5.36. The van der Waals surface area contributed by atoms with Gasteiger partial charge >= 0.3 is 0 Å². The molecule has 0 aliphatic heterocycles. The maximum Gasteiger partial charge on any atom is 0.139 e. The predicted octanol–water partition coefficient (Wildman–Crippen LogP) is 3.35. The van der Waals surface area contributed by atoms with E-state index in [1.54, 1.807) is 0 Å². The van der Waals surface area contributed by atoms with Crippen LogP contribution in [0.1, 0.15) is 65.2 Å². The molecule has 4 rings (SSSR count). The first-order chi connectivity index (χ1) is 12.9. The summed E-state index contributed by atoms with van der Waals surface area (Å²) in [6.07, 6.45) is 9.48. The number of rotatable bonds is 4. The summed E-state index contributed by atoms with van der Waals surface area (Å²) in [6, 6.07) is 0. The van der Waals surface area contributed by atoms with Crippen LogP contribution in [0.15, 0.2) is 5.16 Å². The van der Waals surface area contributed by atoms with Crippen LogP contribution in [-0.2, 0) is 14.4 Å². The SMILES string of the molecule is C[C@]12CC[C@H](/C=N\OCCN)C[C@@H]1C(=O)C[C@@H]1[C@@H]2CC[C@]2(C)C(=O)CC[C@@H]12. The molecule has 0 heterocycles. The molecule has 0 aromatic rings. The molecule has 150 valence electrons. The van der Waals surface area contributed by atoms with Crippen molar-refractivity contribution < 1.29 is 14.4 Å². The molecule has 5 nitrogen and oxygen atoms in total. The minimum absolute atomic E-state index is 0.0927. The fourth-order valence-corrected chi connectivity index (χ4v) is 7.21. The van der Waals surface area contributed by atoms with Crippen LogP contribution in [0.5, 0.6) is 0 Å². The molecule has 2 N–H and O–H groups in total. The quantitative estimate of drug-likeness (QED) is 0.465. The maximum atomic E-state index is 13.2. The van der Waals surface area contributed by atoms with E-state index in [0.29, 0.717) is 54.8 Å². The molecule has 4 aliphatic carbocycles. The number of fused-ring (bicyclic) bond motifs is 5. The Labute approximate surface area is 162 Å². The van der Waals surface area contributed by atoms with Crippen molar-refractivity contribution in [3.05, 3.63) is 0 Å². The summed E-state index contributed by atoms with van der Waals surface area (Å²) >= 11 is 0. The second-order valence-corrected chi connectivity index (χ2v) is 9.93. The molecule has 0 saturated heterocycles. The molecular weight excluding hydrogens is 340 g/mol. The van der Waals surface area contributed by atoms with Crippen molar-refractivity contribution in [1.82, 2.24) is 0 Å². The van der Waals surface area contributed by atoms with Crippen LogP contribution in [0.4, 0.5) is 0 Å². The fraction of sp³-hybridized carbons (Fsp3) is 0.864. The van der Waals surface area contributed by atoms with Gasteiger partial charge in [0.15, 0.2) is 0 Å². The summed E-state index contributed by atoms with van der Waals surface area (Å²) < 4.78 is 0. The van der Waals surface area contributed by atoms with E-state index in [-0.39, 0.29) is 16.7 Å². The summed E-state index contributed by atoms with van der Waals surface area (Å²) in [6.45, 7) is 5.44. The molecular formula is C22H34N2O3. The molecule has 0 amide bonds. The Kier molecular flexibility index (Phi) is 4.94. The highest BCUT2D eigenvalue weighted by Crippen LogP contribution is 2.65. The van der Waals surface area contributed by atoms with Gasteiger partial charge in [0.05, 0.1) is 0 Å². The highest BCUT2D eigenvalue weighted by molar-refractivity contribution is 5.88. The third-order valence-corrected chi connectivity index (χ3v) is 8.76. The summed E-state index contributed by atoms with van der Waals surface area (Å²) in [7, 11) is 0. The Balaban J connectivity index is 1.52. The van der Waals surface area contributed by atoms with Crippen LogP contribution in [0.2, 0.25) is 0 Å². The molecule has 7 atom stereocenters. The number of Topliss-reactive ketones (excluding diaryl/α,β-unsaturated/α-hetero) is 2. The Hall–Kier alpha value is -1.23. The van der Waals surface area contributed by atoms with E-state index in [1.807, 2.05) is 6.21 Å². The first-order valence-corrected chi connectivity index (χ1v) is 10.8. The second kappa shape index (κ2) is 6.98. The minimum atomic E-state index is -0.158.